The number of anilines is 1. The standard InChI is InChI=1S/C29H20F10N4O2S/c1-10(2)9-45-16-6-15(28(44)40-7-12-17(30)21(34)25(38)22(35)18(12)31)42-27-11(16)4-3-5-14(27)43-29(46)41-8-13-19(32)23(36)26(39)24(37)20(13)33/h3-6,10H,7-9H2,1-2H3,(H,40,44)(H2,41,43,46). The minimum atomic E-state index is -2.37. The van der Waals surface area contributed by atoms with Gasteiger partial charge in [-0.05, 0) is 30.3 Å². The zero-order valence-electron chi connectivity index (χ0n) is 23.5. The van der Waals surface area contributed by atoms with Crippen LogP contribution in [-0.2, 0) is 13.1 Å². The SMILES string of the molecule is CC(C)COc1cc(C(=O)NCc2c(F)c(F)c(F)c(F)c2F)nc2c(NC(=S)NCc3c(F)c(F)c(F)c(F)c3F)cccc12. The number of rotatable bonds is 9. The van der Waals surface area contributed by atoms with E-state index in [0.717, 1.165) is 0 Å². The van der Waals surface area contributed by atoms with E-state index in [1.807, 2.05) is 19.2 Å². The Morgan fingerprint density at radius 2 is 1.24 bits per heavy atom. The van der Waals surface area contributed by atoms with Gasteiger partial charge in [-0.3, -0.25) is 4.79 Å². The Bertz CT molecular complexity index is 1810. The van der Waals surface area contributed by atoms with E-state index < -0.39 is 94.0 Å². The Hall–Kier alpha value is -4.67. The zero-order valence-corrected chi connectivity index (χ0v) is 24.3. The monoisotopic (exact) mass is 678 g/mol. The van der Waals surface area contributed by atoms with Gasteiger partial charge in [0, 0.05) is 35.7 Å². The molecule has 1 aromatic heterocycles. The summed E-state index contributed by atoms with van der Waals surface area (Å²) in [5.74, 6) is -22.8. The maximum Gasteiger partial charge on any atom is 0.270 e. The number of nitrogens with zero attached hydrogens (tertiary/aromatic N) is 1. The van der Waals surface area contributed by atoms with Crippen LogP contribution in [0.25, 0.3) is 10.9 Å². The molecule has 0 bridgehead atoms. The molecule has 0 atom stereocenters. The summed E-state index contributed by atoms with van der Waals surface area (Å²) in [5, 5.41) is 6.90. The molecule has 3 aromatic carbocycles. The Labute approximate surface area is 258 Å². The Morgan fingerprint density at radius 3 is 1.74 bits per heavy atom. The second-order valence-corrected chi connectivity index (χ2v) is 10.4. The molecule has 244 valence electrons. The summed E-state index contributed by atoms with van der Waals surface area (Å²) in [7, 11) is 0. The second kappa shape index (κ2) is 13.8. The number of hydrogen-bond donors (Lipinski definition) is 3. The van der Waals surface area contributed by atoms with Crippen molar-refractivity contribution in [2.24, 2.45) is 5.92 Å². The first-order chi connectivity index (χ1) is 21.6. The fourth-order valence-corrected chi connectivity index (χ4v) is 4.20. The van der Waals surface area contributed by atoms with Gasteiger partial charge in [0.1, 0.15) is 11.4 Å². The smallest absolute Gasteiger partial charge is 0.270 e. The lowest BCUT2D eigenvalue weighted by Crippen LogP contribution is -2.29. The minimum absolute atomic E-state index is 0.00489. The van der Waals surface area contributed by atoms with Crippen LogP contribution in [-0.4, -0.2) is 22.6 Å². The third kappa shape index (κ3) is 6.78. The number of carbonyl (C=O) groups is 1. The number of aromatic nitrogens is 1. The topological polar surface area (TPSA) is 75.3 Å². The molecule has 3 N–H and O–H groups in total. The third-order valence-electron chi connectivity index (χ3n) is 6.31. The van der Waals surface area contributed by atoms with E-state index in [0.29, 0.717) is 5.39 Å². The quantitative estimate of drug-likeness (QED) is 0.0761. The molecular weight excluding hydrogens is 658 g/mol. The number of hydrogen-bond acceptors (Lipinski definition) is 4. The number of pyridine rings is 1. The summed E-state index contributed by atoms with van der Waals surface area (Å²) >= 11 is 5.10. The molecule has 6 nitrogen and oxygen atoms in total. The summed E-state index contributed by atoms with van der Waals surface area (Å²) in [6.45, 7) is 1.75. The molecule has 17 heteroatoms. The van der Waals surface area contributed by atoms with Crippen molar-refractivity contribution in [3.05, 3.63) is 99.3 Å². The number of thiocarbonyl (C=S) groups is 1. The van der Waals surface area contributed by atoms with Gasteiger partial charge >= 0.3 is 0 Å². The van der Waals surface area contributed by atoms with Gasteiger partial charge in [0.25, 0.3) is 5.91 Å². The van der Waals surface area contributed by atoms with E-state index in [-0.39, 0.29) is 34.6 Å². The van der Waals surface area contributed by atoms with Gasteiger partial charge in [-0.2, -0.15) is 0 Å². The lowest BCUT2D eigenvalue weighted by Gasteiger charge is -2.17. The van der Waals surface area contributed by atoms with E-state index in [1.165, 1.54) is 24.3 Å². The summed E-state index contributed by atoms with van der Waals surface area (Å²) in [5.41, 5.74) is -2.87. The van der Waals surface area contributed by atoms with Crippen molar-refractivity contribution in [1.29, 1.82) is 0 Å². The Kier molecular flexibility index (Phi) is 10.2. The number of halogens is 10. The van der Waals surface area contributed by atoms with Gasteiger partial charge in [0.05, 0.1) is 17.8 Å². The first-order valence-corrected chi connectivity index (χ1v) is 13.4. The van der Waals surface area contributed by atoms with Crippen LogP contribution in [0.2, 0.25) is 0 Å². The predicted molar refractivity (Wildman–Crippen MR) is 149 cm³/mol. The summed E-state index contributed by atoms with van der Waals surface area (Å²) in [4.78, 5) is 17.2. The second-order valence-electron chi connectivity index (χ2n) is 10.00. The number of amides is 1. The molecule has 0 unspecified atom stereocenters. The van der Waals surface area contributed by atoms with Gasteiger partial charge in [0.2, 0.25) is 11.6 Å². The Balaban J connectivity index is 1.64. The molecule has 0 aliphatic carbocycles. The normalized spacial score (nSPS) is 11.2. The van der Waals surface area contributed by atoms with Crippen LogP contribution >= 0.6 is 12.2 Å². The van der Waals surface area contributed by atoms with Crippen LogP contribution in [0.15, 0.2) is 24.3 Å². The van der Waals surface area contributed by atoms with E-state index >= 15 is 0 Å². The summed E-state index contributed by atoms with van der Waals surface area (Å²) in [6.07, 6.45) is 0. The van der Waals surface area contributed by atoms with Crippen molar-refractivity contribution >= 4 is 39.8 Å². The van der Waals surface area contributed by atoms with Crippen LogP contribution < -0.4 is 20.7 Å². The molecule has 4 aromatic rings. The van der Waals surface area contributed by atoms with Crippen LogP contribution in [0.1, 0.15) is 35.5 Å². The number of nitrogens with one attached hydrogen (secondary N) is 3. The maximum atomic E-state index is 14.1. The van der Waals surface area contributed by atoms with Crippen molar-refractivity contribution in [2.45, 2.75) is 26.9 Å². The van der Waals surface area contributed by atoms with Crippen molar-refractivity contribution in [3.8, 4) is 5.75 Å². The van der Waals surface area contributed by atoms with Crippen molar-refractivity contribution in [2.75, 3.05) is 11.9 Å². The van der Waals surface area contributed by atoms with Gasteiger partial charge in [-0.15, -0.1) is 0 Å². The van der Waals surface area contributed by atoms with E-state index in [4.69, 9.17) is 17.0 Å². The van der Waals surface area contributed by atoms with Gasteiger partial charge < -0.3 is 20.7 Å². The van der Waals surface area contributed by atoms with E-state index in [1.54, 1.807) is 0 Å². The molecule has 0 saturated carbocycles. The third-order valence-corrected chi connectivity index (χ3v) is 6.55. The molecular formula is C29H20F10N4O2S. The molecule has 46 heavy (non-hydrogen) atoms. The summed E-state index contributed by atoms with van der Waals surface area (Å²) < 4.78 is 143. The van der Waals surface area contributed by atoms with E-state index in [9.17, 15) is 48.7 Å². The average Bonchev–Trinajstić information content (AvgIpc) is 3.03. The fraction of sp³-hybridized carbons (Fsp3) is 0.207. The number of benzene rings is 3. The first kappa shape index (κ1) is 34.2. The molecule has 0 radical (unpaired) electrons. The summed E-state index contributed by atoms with van der Waals surface area (Å²) in [6, 6.07) is 5.60. The van der Waals surface area contributed by atoms with Crippen LogP contribution in [0.5, 0.6) is 5.75 Å². The van der Waals surface area contributed by atoms with Crippen LogP contribution in [0.3, 0.4) is 0 Å². The highest BCUT2D eigenvalue weighted by Crippen LogP contribution is 2.31. The molecule has 0 aliphatic rings. The lowest BCUT2D eigenvalue weighted by atomic mass is 10.1. The molecule has 0 spiro atoms. The van der Waals surface area contributed by atoms with Gasteiger partial charge in [0.15, 0.2) is 51.7 Å². The van der Waals surface area contributed by atoms with Crippen molar-refractivity contribution in [1.82, 2.24) is 15.6 Å². The number of ether oxygens (including phenoxy) is 1. The Morgan fingerprint density at radius 1 is 0.761 bits per heavy atom. The molecule has 4 rings (SSSR count). The highest BCUT2D eigenvalue weighted by molar-refractivity contribution is 7.80. The van der Waals surface area contributed by atoms with Crippen molar-refractivity contribution < 1.29 is 53.4 Å². The average molecular weight is 679 g/mol. The number of carbonyl (C=O) groups excluding carboxylic acids is 1. The van der Waals surface area contributed by atoms with Gasteiger partial charge in [-0.25, -0.2) is 48.9 Å². The van der Waals surface area contributed by atoms with Gasteiger partial charge in [-0.1, -0.05) is 19.9 Å². The highest BCUT2D eigenvalue weighted by atomic mass is 32.1. The zero-order chi connectivity index (χ0) is 34.0. The molecule has 0 fully saturated rings. The lowest BCUT2D eigenvalue weighted by molar-refractivity contribution is 0.0944. The largest absolute Gasteiger partial charge is 0.493 e. The fourth-order valence-electron chi connectivity index (χ4n) is 4.02. The molecule has 0 aliphatic heterocycles. The number of para-hydroxylation sites is 1. The minimum Gasteiger partial charge on any atom is -0.493 e. The van der Waals surface area contributed by atoms with Crippen molar-refractivity contribution in [3.63, 3.8) is 0 Å². The number of fused-ring (bicyclic) bond motifs is 1. The predicted octanol–water partition coefficient (Wildman–Crippen LogP) is 7.08. The molecule has 1 amide bonds. The maximum absolute atomic E-state index is 14.1. The van der Waals surface area contributed by atoms with Crippen LogP contribution in [0.4, 0.5) is 49.6 Å². The van der Waals surface area contributed by atoms with E-state index in [2.05, 4.69) is 15.6 Å². The van der Waals surface area contributed by atoms with Crippen LogP contribution in [0, 0.1) is 64.1 Å². The highest BCUT2D eigenvalue weighted by Gasteiger charge is 2.27. The first-order valence-electron chi connectivity index (χ1n) is 13.0. The molecule has 0 saturated heterocycles. The molecule has 1 heterocycles.